The van der Waals surface area contributed by atoms with Crippen molar-refractivity contribution in [2.75, 3.05) is 19.7 Å². The molecule has 10 heteroatoms. The van der Waals surface area contributed by atoms with E-state index in [1.54, 1.807) is 18.3 Å². The molecule has 0 spiro atoms. The maximum atomic E-state index is 12.3. The minimum Gasteiger partial charge on any atom is -0.492 e. The van der Waals surface area contributed by atoms with E-state index in [9.17, 15) is 13.2 Å². The van der Waals surface area contributed by atoms with Crippen LogP contribution < -0.4 is 20.9 Å². The maximum Gasteiger partial charge on any atom is 0.573 e. The van der Waals surface area contributed by atoms with Crippen LogP contribution in [0.25, 0.3) is 0 Å². The van der Waals surface area contributed by atoms with E-state index < -0.39 is 6.36 Å². The van der Waals surface area contributed by atoms with Crippen LogP contribution in [0, 0.1) is 5.92 Å². The molecule has 1 aromatic carbocycles. The zero-order valence-electron chi connectivity index (χ0n) is 16.7. The summed E-state index contributed by atoms with van der Waals surface area (Å²) in [5, 5.41) is 0. The zero-order valence-corrected chi connectivity index (χ0v) is 16.7. The predicted octanol–water partition coefficient (Wildman–Crippen LogP) is 3.13. The summed E-state index contributed by atoms with van der Waals surface area (Å²) in [6.07, 6.45) is -3.20. The minimum atomic E-state index is -4.76. The Morgan fingerprint density at radius 1 is 1.07 bits per heavy atom. The standard InChI is InChI=1S/C20H24F3N5O2/c1-13(2)12-28-19(25)17-10-14(6-7-26-17)18(24)27-8-9-29-15-4-3-5-16(11-15)30-20(21,22)23/h3-7,10-11,13H,8-9,12H2,1-2H3,(H2,24,27)(H2,25,28). The average molecular weight is 423 g/mol. The molecule has 0 amide bonds. The molecule has 0 aliphatic carbocycles. The number of halogens is 3. The molecule has 0 bridgehead atoms. The lowest BCUT2D eigenvalue weighted by Gasteiger charge is -2.10. The Morgan fingerprint density at radius 3 is 2.50 bits per heavy atom. The fourth-order valence-electron chi connectivity index (χ4n) is 2.27. The lowest BCUT2D eigenvalue weighted by molar-refractivity contribution is -0.274. The normalized spacial score (nSPS) is 12.9. The van der Waals surface area contributed by atoms with E-state index in [1.165, 1.54) is 18.2 Å². The third-order valence-electron chi connectivity index (χ3n) is 3.63. The summed E-state index contributed by atoms with van der Waals surface area (Å²) in [5.41, 5.74) is 13.1. The van der Waals surface area contributed by atoms with Gasteiger partial charge in [0, 0.05) is 24.4 Å². The van der Waals surface area contributed by atoms with Crippen LogP contribution in [-0.2, 0) is 0 Å². The van der Waals surface area contributed by atoms with Gasteiger partial charge < -0.3 is 20.9 Å². The van der Waals surface area contributed by atoms with Crippen molar-refractivity contribution in [3.05, 3.63) is 53.9 Å². The molecule has 0 radical (unpaired) electrons. The van der Waals surface area contributed by atoms with Crippen LogP contribution in [0.2, 0.25) is 0 Å². The Labute approximate surface area is 172 Å². The van der Waals surface area contributed by atoms with E-state index in [-0.39, 0.29) is 30.5 Å². The van der Waals surface area contributed by atoms with Crippen LogP contribution in [0.15, 0.2) is 52.6 Å². The fraction of sp³-hybridized carbons (Fsp3) is 0.350. The van der Waals surface area contributed by atoms with Crippen molar-refractivity contribution in [1.29, 1.82) is 0 Å². The Bertz CT molecular complexity index is 898. The molecule has 1 heterocycles. The van der Waals surface area contributed by atoms with Crippen molar-refractivity contribution in [3.63, 3.8) is 0 Å². The van der Waals surface area contributed by atoms with E-state index in [4.69, 9.17) is 16.2 Å². The molecule has 7 nitrogen and oxygen atoms in total. The van der Waals surface area contributed by atoms with Crippen molar-refractivity contribution < 1.29 is 22.6 Å². The third kappa shape index (κ3) is 7.98. The molecule has 0 aliphatic rings. The van der Waals surface area contributed by atoms with Crippen molar-refractivity contribution in [1.82, 2.24) is 4.98 Å². The number of amidine groups is 2. The van der Waals surface area contributed by atoms with Crippen molar-refractivity contribution in [3.8, 4) is 11.5 Å². The zero-order chi connectivity index (χ0) is 22.1. The van der Waals surface area contributed by atoms with Crippen molar-refractivity contribution >= 4 is 11.7 Å². The third-order valence-corrected chi connectivity index (χ3v) is 3.63. The van der Waals surface area contributed by atoms with Crippen LogP contribution in [0.3, 0.4) is 0 Å². The highest BCUT2D eigenvalue weighted by molar-refractivity contribution is 6.01. The molecule has 0 unspecified atom stereocenters. The maximum absolute atomic E-state index is 12.3. The molecule has 0 saturated heterocycles. The number of hydrogen-bond acceptors (Lipinski definition) is 5. The van der Waals surface area contributed by atoms with Gasteiger partial charge in [0.2, 0.25) is 0 Å². The highest BCUT2D eigenvalue weighted by Gasteiger charge is 2.31. The number of benzene rings is 1. The summed E-state index contributed by atoms with van der Waals surface area (Å²) in [6, 6.07) is 8.64. The molecule has 2 rings (SSSR count). The summed E-state index contributed by atoms with van der Waals surface area (Å²) in [5.74, 6) is 0.824. The fourth-order valence-corrected chi connectivity index (χ4v) is 2.27. The Kier molecular flexibility index (Phi) is 8.02. The first-order valence-electron chi connectivity index (χ1n) is 9.19. The van der Waals surface area contributed by atoms with E-state index in [0.29, 0.717) is 29.6 Å². The number of nitrogens with two attached hydrogens (primary N) is 2. The Morgan fingerprint density at radius 2 is 1.80 bits per heavy atom. The second-order valence-corrected chi connectivity index (χ2v) is 6.69. The van der Waals surface area contributed by atoms with Gasteiger partial charge in [-0.15, -0.1) is 13.2 Å². The number of rotatable bonds is 9. The van der Waals surface area contributed by atoms with Gasteiger partial charge in [-0.2, -0.15) is 0 Å². The number of nitrogens with zero attached hydrogens (tertiary/aromatic N) is 3. The summed E-state index contributed by atoms with van der Waals surface area (Å²) in [4.78, 5) is 12.7. The molecule has 30 heavy (non-hydrogen) atoms. The first kappa shape index (κ1) is 23.0. The number of pyridine rings is 1. The molecule has 0 fully saturated rings. The van der Waals surface area contributed by atoms with E-state index in [1.807, 2.05) is 13.8 Å². The SMILES string of the molecule is CC(C)CN=C(N)c1cc(C(N)=NCCOc2cccc(OC(F)(F)F)c2)ccn1. The smallest absolute Gasteiger partial charge is 0.492 e. The van der Waals surface area contributed by atoms with Gasteiger partial charge in [0.15, 0.2) is 0 Å². The number of aliphatic imine (C=N–C) groups is 2. The van der Waals surface area contributed by atoms with Gasteiger partial charge in [-0.25, -0.2) is 0 Å². The lowest BCUT2D eigenvalue weighted by atomic mass is 10.2. The Hall–Kier alpha value is -3.30. The Balaban J connectivity index is 1.94. The van der Waals surface area contributed by atoms with Crippen LogP contribution >= 0.6 is 0 Å². The van der Waals surface area contributed by atoms with Gasteiger partial charge in [0.1, 0.15) is 35.5 Å². The molecule has 1 aromatic heterocycles. The molecule has 162 valence electrons. The number of alkyl halides is 3. The molecule has 0 aliphatic heterocycles. The average Bonchev–Trinajstić information content (AvgIpc) is 2.68. The molecule has 2 aromatic rings. The second kappa shape index (κ2) is 10.5. The number of aromatic nitrogens is 1. The summed E-state index contributed by atoms with van der Waals surface area (Å²) in [6.45, 7) is 4.98. The number of hydrogen-bond donors (Lipinski definition) is 2. The summed E-state index contributed by atoms with van der Waals surface area (Å²) >= 11 is 0. The van der Waals surface area contributed by atoms with E-state index in [2.05, 4.69) is 19.7 Å². The molecule has 4 N–H and O–H groups in total. The van der Waals surface area contributed by atoms with E-state index in [0.717, 1.165) is 6.07 Å². The molecule has 0 saturated carbocycles. The van der Waals surface area contributed by atoms with Crippen LogP contribution in [0.4, 0.5) is 13.2 Å². The quantitative estimate of drug-likeness (QED) is 0.366. The predicted molar refractivity (Wildman–Crippen MR) is 109 cm³/mol. The topological polar surface area (TPSA) is 108 Å². The van der Waals surface area contributed by atoms with Gasteiger partial charge in [-0.3, -0.25) is 15.0 Å². The molecular weight excluding hydrogens is 399 g/mol. The van der Waals surface area contributed by atoms with Gasteiger partial charge in [0.25, 0.3) is 0 Å². The first-order valence-corrected chi connectivity index (χ1v) is 9.19. The minimum absolute atomic E-state index is 0.117. The van der Waals surface area contributed by atoms with Crippen LogP contribution in [0.1, 0.15) is 25.1 Å². The van der Waals surface area contributed by atoms with Gasteiger partial charge in [-0.1, -0.05) is 19.9 Å². The van der Waals surface area contributed by atoms with Gasteiger partial charge in [-0.05, 0) is 30.2 Å². The largest absolute Gasteiger partial charge is 0.573 e. The van der Waals surface area contributed by atoms with Crippen molar-refractivity contribution in [2.24, 2.45) is 27.4 Å². The summed E-state index contributed by atoms with van der Waals surface area (Å²) in [7, 11) is 0. The molecule has 0 atom stereocenters. The first-order chi connectivity index (χ1) is 14.1. The highest BCUT2D eigenvalue weighted by atomic mass is 19.4. The lowest BCUT2D eigenvalue weighted by Crippen LogP contribution is -2.20. The summed E-state index contributed by atoms with van der Waals surface area (Å²) < 4.78 is 46.1. The van der Waals surface area contributed by atoms with Crippen LogP contribution in [0.5, 0.6) is 11.5 Å². The highest BCUT2D eigenvalue weighted by Crippen LogP contribution is 2.25. The second-order valence-electron chi connectivity index (χ2n) is 6.69. The van der Waals surface area contributed by atoms with Crippen LogP contribution in [-0.4, -0.2) is 42.7 Å². The molecular formula is C20H24F3N5O2. The number of ether oxygens (including phenoxy) is 2. The monoisotopic (exact) mass is 423 g/mol. The van der Waals surface area contributed by atoms with Gasteiger partial charge in [0.05, 0.1) is 6.54 Å². The van der Waals surface area contributed by atoms with E-state index >= 15 is 0 Å². The van der Waals surface area contributed by atoms with Gasteiger partial charge >= 0.3 is 6.36 Å². The van der Waals surface area contributed by atoms with Crippen molar-refractivity contribution in [2.45, 2.75) is 20.2 Å².